The SMILES string of the molecule is Clc1ccc(COc2ccc(CNc3ccc4c(c3)OCO4)cc2)cc1Cl. The molecule has 4 rings (SSSR count). The molecule has 1 heterocycles. The third-order valence-corrected chi connectivity index (χ3v) is 4.92. The summed E-state index contributed by atoms with van der Waals surface area (Å²) in [4.78, 5) is 0. The largest absolute Gasteiger partial charge is 0.489 e. The first kappa shape index (κ1) is 17.8. The van der Waals surface area contributed by atoms with Gasteiger partial charge in [-0.15, -0.1) is 0 Å². The highest BCUT2D eigenvalue weighted by Gasteiger charge is 2.12. The molecule has 0 saturated carbocycles. The zero-order chi connectivity index (χ0) is 18.6. The van der Waals surface area contributed by atoms with Crippen molar-refractivity contribution in [2.24, 2.45) is 0 Å². The molecule has 3 aromatic carbocycles. The molecule has 1 aliphatic rings. The smallest absolute Gasteiger partial charge is 0.231 e. The maximum atomic E-state index is 6.02. The van der Waals surface area contributed by atoms with Crippen LogP contribution < -0.4 is 19.5 Å². The van der Waals surface area contributed by atoms with Crippen molar-refractivity contribution in [2.75, 3.05) is 12.1 Å². The van der Waals surface area contributed by atoms with Crippen LogP contribution in [0.1, 0.15) is 11.1 Å². The van der Waals surface area contributed by atoms with Crippen molar-refractivity contribution in [2.45, 2.75) is 13.2 Å². The van der Waals surface area contributed by atoms with Crippen molar-refractivity contribution in [3.63, 3.8) is 0 Å². The lowest BCUT2D eigenvalue weighted by molar-refractivity contribution is 0.174. The summed E-state index contributed by atoms with van der Waals surface area (Å²) in [6.45, 7) is 1.42. The molecule has 0 fully saturated rings. The standard InChI is InChI=1S/C21H17Cl2NO3/c22-18-7-3-15(9-19(18)23)12-25-17-5-1-14(2-6-17)11-24-16-4-8-20-21(10-16)27-13-26-20/h1-10,24H,11-13H2. The lowest BCUT2D eigenvalue weighted by Gasteiger charge is -2.10. The Morgan fingerprint density at radius 3 is 2.41 bits per heavy atom. The number of anilines is 1. The van der Waals surface area contributed by atoms with E-state index in [4.69, 9.17) is 37.4 Å². The summed E-state index contributed by atoms with van der Waals surface area (Å²) in [6.07, 6.45) is 0. The van der Waals surface area contributed by atoms with Crippen molar-refractivity contribution in [3.8, 4) is 17.2 Å². The van der Waals surface area contributed by atoms with Crippen molar-refractivity contribution < 1.29 is 14.2 Å². The zero-order valence-corrected chi connectivity index (χ0v) is 15.9. The Morgan fingerprint density at radius 2 is 1.59 bits per heavy atom. The fourth-order valence-electron chi connectivity index (χ4n) is 2.71. The maximum absolute atomic E-state index is 6.02. The Bertz CT molecular complexity index is 945. The number of hydrogen-bond acceptors (Lipinski definition) is 4. The van der Waals surface area contributed by atoms with Gasteiger partial charge in [0.1, 0.15) is 12.4 Å². The molecule has 27 heavy (non-hydrogen) atoms. The lowest BCUT2D eigenvalue weighted by Crippen LogP contribution is -2.00. The van der Waals surface area contributed by atoms with Gasteiger partial charge in [-0.2, -0.15) is 0 Å². The predicted molar refractivity (Wildman–Crippen MR) is 107 cm³/mol. The number of rotatable bonds is 6. The van der Waals surface area contributed by atoms with Crippen LogP contribution in [0.2, 0.25) is 10.0 Å². The van der Waals surface area contributed by atoms with Crippen molar-refractivity contribution in [1.82, 2.24) is 0 Å². The minimum atomic E-state index is 0.280. The second-order valence-corrected chi connectivity index (χ2v) is 6.92. The van der Waals surface area contributed by atoms with E-state index in [0.29, 0.717) is 23.2 Å². The van der Waals surface area contributed by atoms with E-state index >= 15 is 0 Å². The topological polar surface area (TPSA) is 39.7 Å². The van der Waals surface area contributed by atoms with Gasteiger partial charge in [0.2, 0.25) is 6.79 Å². The summed E-state index contributed by atoms with van der Waals surface area (Å²) in [5.41, 5.74) is 3.10. The lowest BCUT2D eigenvalue weighted by atomic mass is 10.2. The number of fused-ring (bicyclic) bond motifs is 1. The van der Waals surface area contributed by atoms with Crippen LogP contribution in [0, 0.1) is 0 Å². The fourth-order valence-corrected chi connectivity index (χ4v) is 3.03. The second-order valence-electron chi connectivity index (χ2n) is 6.10. The number of hydrogen-bond donors (Lipinski definition) is 1. The normalized spacial score (nSPS) is 12.1. The highest BCUT2D eigenvalue weighted by Crippen LogP contribution is 2.34. The Hall–Kier alpha value is -2.56. The molecular weight excluding hydrogens is 385 g/mol. The molecule has 1 aliphatic heterocycles. The Balaban J connectivity index is 1.31. The average molecular weight is 402 g/mol. The summed E-state index contributed by atoms with van der Waals surface area (Å²) in [5, 5.41) is 4.45. The minimum Gasteiger partial charge on any atom is -0.489 e. The molecule has 0 aliphatic carbocycles. The highest BCUT2D eigenvalue weighted by atomic mass is 35.5. The van der Waals surface area contributed by atoms with Crippen LogP contribution in [0.15, 0.2) is 60.7 Å². The predicted octanol–water partition coefficient (Wildman–Crippen LogP) is 5.91. The van der Waals surface area contributed by atoms with Gasteiger partial charge in [0.05, 0.1) is 10.0 Å². The average Bonchev–Trinajstić information content (AvgIpc) is 3.16. The van der Waals surface area contributed by atoms with Crippen LogP contribution >= 0.6 is 23.2 Å². The molecule has 0 aromatic heterocycles. The molecule has 0 saturated heterocycles. The molecule has 0 spiro atoms. The first-order valence-corrected chi connectivity index (χ1v) is 9.22. The van der Waals surface area contributed by atoms with Gasteiger partial charge in [-0.25, -0.2) is 0 Å². The Labute approximate surface area is 167 Å². The van der Waals surface area contributed by atoms with E-state index in [1.54, 1.807) is 6.07 Å². The van der Waals surface area contributed by atoms with E-state index in [1.165, 1.54) is 0 Å². The van der Waals surface area contributed by atoms with E-state index < -0.39 is 0 Å². The molecule has 6 heteroatoms. The molecule has 138 valence electrons. The van der Waals surface area contributed by atoms with Gasteiger partial charge in [-0.05, 0) is 47.5 Å². The van der Waals surface area contributed by atoms with Crippen molar-refractivity contribution >= 4 is 28.9 Å². The van der Waals surface area contributed by atoms with E-state index in [1.807, 2.05) is 54.6 Å². The molecular formula is C21H17Cl2NO3. The number of ether oxygens (including phenoxy) is 3. The molecule has 0 radical (unpaired) electrons. The summed E-state index contributed by atoms with van der Waals surface area (Å²) < 4.78 is 16.5. The maximum Gasteiger partial charge on any atom is 0.231 e. The van der Waals surface area contributed by atoms with Crippen LogP contribution in [-0.4, -0.2) is 6.79 Å². The van der Waals surface area contributed by atoms with E-state index in [0.717, 1.165) is 34.1 Å². The fraction of sp³-hybridized carbons (Fsp3) is 0.143. The van der Waals surface area contributed by atoms with Gasteiger partial charge >= 0.3 is 0 Å². The highest BCUT2D eigenvalue weighted by molar-refractivity contribution is 6.42. The minimum absolute atomic E-state index is 0.280. The number of nitrogens with one attached hydrogen (secondary N) is 1. The quantitative estimate of drug-likeness (QED) is 0.556. The van der Waals surface area contributed by atoms with Crippen LogP contribution in [0.5, 0.6) is 17.2 Å². The second kappa shape index (κ2) is 7.99. The Morgan fingerprint density at radius 1 is 0.815 bits per heavy atom. The molecule has 0 bridgehead atoms. The Kier molecular flexibility index (Phi) is 5.28. The molecule has 0 atom stereocenters. The molecule has 3 aromatic rings. The summed E-state index contributed by atoms with van der Waals surface area (Å²) in [6, 6.07) is 19.3. The van der Waals surface area contributed by atoms with Crippen LogP contribution in [-0.2, 0) is 13.2 Å². The summed E-state index contributed by atoms with van der Waals surface area (Å²) in [5.74, 6) is 2.35. The summed E-state index contributed by atoms with van der Waals surface area (Å²) in [7, 11) is 0. The number of benzene rings is 3. The zero-order valence-electron chi connectivity index (χ0n) is 14.4. The first-order valence-electron chi connectivity index (χ1n) is 8.46. The first-order chi connectivity index (χ1) is 13.2. The van der Waals surface area contributed by atoms with Crippen LogP contribution in [0.25, 0.3) is 0 Å². The van der Waals surface area contributed by atoms with Crippen LogP contribution in [0.3, 0.4) is 0 Å². The van der Waals surface area contributed by atoms with Crippen molar-refractivity contribution in [1.29, 1.82) is 0 Å². The van der Waals surface area contributed by atoms with Gasteiger partial charge < -0.3 is 19.5 Å². The van der Waals surface area contributed by atoms with Crippen LogP contribution in [0.4, 0.5) is 5.69 Å². The van der Waals surface area contributed by atoms with Gasteiger partial charge in [0.15, 0.2) is 11.5 Å². The van der Waals surface area contributed by atoms with Gasteiger partial charge in [-0.3, -0.25) is 0 Å². The molecule has 0 amide bonds. The molecule has 4 nitrogen and oxygen atoms in total. The number of halogens is 2. The third-order valence-electron chi connectivity index (χ3n) is 4.18. The van der Waals surface area contributed by atoms with E-state index in [-0.39, 0.29) is 6.79 Å². The van der Waals surface area contributed by atoms with Gasteiger partial charge in [0.25, 0.3) is 0 Å². The van der Waals surface area contributed by atoms with E-state index in [2.05, 4.69) is 5.32 Å². The van der Waals surface area contributed by atoms with Gasteiger partial charge in [-0.1, -0.05) is 41.4 Å². The third kappa shape index (κ3) is 4.41. The van der Waals surface area contributed by atoms with E-state index in [9.17, 15) is 0 Å². The van der Waals surface area contributed by atoms with Gasteiger partial charge in [0, 0.05) is 18.3 Å². The summed E-state index contributed by atoms with van der Waals surface area (Å²) >= 11 is 11.9. The molecule has 1 N–H and O–H groups in total. The molecule has 0 unspecified atom stereocenters. The van der Waals surface area contributed by atoms with Crippen molar-refractivity contribution in [3.05, 3.63) is 81.8 Å². The monoisotopic (exact) mass is 401 g/mol.